The van der Waals surface area contributed by atoms with Crippen molar-refractivity contribution < 1.29 is 4.79 Å². The van der Waals surface area contributed by atoms with Crippen LogP contribution in [0.3, 0.4) is 0 Å². The molecule has 0 N–H and O–H groups in total. The highest BCUT2D eigenvalue weighted by Crippen LogP contribution is 2.32. The lowest BCUT2D eigenvalue weighted by Gasteiger charge is -2.21. The Morgan fingerprint density at radius 2 is 2.22 bits per heavy atom. The molecule has 1 aliphatic carbocycles. The van der Waals surface area contributed by atoms with Crippen molar-refractivity contribution in [2.45, 2.75) is 12.8 Å². The Morgan fingerprint density at radius 3 is 2.91 bits per heavy atom. The summed E-state index contributed by atoms with van der Waals surface area (Å²) in [5, 5.41) is 6.82. The highest BCUT2D eigenvalue weighted by molar-refractivity contribution is 7.14. The third kappa shape index (κ3) is 3.18. The van der Waals surface area contributed by atoms with E-state index in [1.54, 1.807) is 23.7 Å². The molecule has 0 atom stereocenters. The van der Waals surface area contributed by atoms with E-state index in [4.69, 9.17) is 0 Å². The number of anilines is 1. The minimum atomic E-state index is -0.0392. The van der Waals surface area contributed by atoms with Gasteiger partial charge in [0.25, 0.3) is 5.91 Å². The molecule has 3 aromatic rings. The van der Waals surface area contributed by atoms with E-state index >= 15 is 0 Å². The van der Waals surface area contributed by atoms with Gasteiger partial charge in [-0.3, -0.25) is 9.78 Å². The quantitative estimate of drug-likeness (QED) is 0.694. The van der Waals surface area contributed by atoms with E-state index in [-0.39, 0.29) is 5.91 Å². The third-order valence-corrected chi connectivity index (χ3v) is 5.41. The van der Waals surface area contributed by atoms with Crippen LogP contribution < -0.4 is 4.90 Å². The Bertz CT molecular complexity index is 794. The van der Waals surface area contributed by atoms with Gasteiger partial charge in [-0.1, -0.05) is 0 Å². The van der Waals surface area contributed by atoms with E-state index in [0.717, 1.165) is 22.8 Å². The van der Waals surface area contributed by atoms with Crippen LogP contribution in [0.4, 0.5) is 5.69 Å². The summed E-state index contributed by atoms with van der Waals surface area (Å²) in [4.78, 5) is 23.4. The highest BCUT2D eigenvalue weighted by atomic mass is 32.1. The van der Waals surface area contributed by atoms with Crippen LogP contribution in [-0.2, 0) is 0 Å². The van der Waals surface area contributed by atoms with Gasteiger partial charge in [0, 0.05) is 29.1 Å². The first-order valence-electron chi connectivity index (χ1n) is 7.51. The Hall–Kier alpha value is -2.05. The molecule has 1 amide bonds. The van der Waals surface area contributed by atoms with Gasteiger partial charge in [0.05, 0.1) is 11.9 Å². The molecule has 0 aromatic carbocycles. The average Bonchev–Trinajstić information content (AvgIpc) is 3.06. The standard InChI is InChI=1S/C17H15N3OS2/c21-17(15-11-23-16(19-15)13-5-7-22-10-13)20(9-12-3-4-12)14-2-1-6-18-8-14/h1-2,5-8,10-12H,3-4,9H2. The lowest BCUT2D eigenvalue weighted by molar-refractivity contribution is 0.0981. The molecule has 1 fully saturated rings. The van der Waals surface area contributed by atoms with Crippen LogP contribution in [0.25, 0.3) is 10.6 Å². The van der Waals surface area contributed by atoms with E-state index in [9.17, 15) is 4.79 Å². The zero-order chi connectivity index (χ0) is 15.6. The molecule has 0 radical (unpaired) electrons. The first kappa shape index (κ1) is 14.5. The van der Waals surface area contributed by atoms with Gasteiger partial charge in [0.1, 0.15) is 10.7 Å². The second kappa shape index (κ2) is 6.22. The fraction of sp³-hybridized carbons (Fsp3) is 0.235. The summed E-state index contributed by atoms with van der Waals surface area (Å²) in [5.41, 5.74) is 2.43. The molecule has 3 aromatic heterocycles. The number of carbonyl (C=O) groups is 1. The fourth-order valence-corrected chi connectivity index (χ4v) is 3.91. The number of pyridine rings is 1. The van der Waals surface area contributed by atoms with Crippen molar-refractivity contribution in [2.24, 2.45) is 5.92 Å². The number of rotatable bonds is 5. The van der Waals surface area contributed by atoms with E-state index in [2.05, 4.69) is 15.3 Å². The van der Waals surface area contributed by atoms with Crippen molar-refractivity contribution in [3.8, 4) is 10.6 Å². The number of amides is 1. The molecule has 1 aliphatic rings. The van der Waals surface area contributed by atoms with Gasteiger partial charge in [-0.25, -0.2) is 4.98 Å². The smallest absolute Gasteiger partial charge is 0.277 e. The third-order valence-electron chi connectivity index (χ3n) is 3.83. The molecule has 116 valence electrons. The van der Waals surface area contributed by atoms with Crippen molar-refractivity contribution in [1.82, 2.24) is 9.97 Å². The van der Waals surface area contributed by atoms with Crippen LogP contribution in [0, 0.1) is 5.92 Å². The zero-order valence-electron chi connectivity index (χ0n) is 12.4. The molecular weight excluding hydrogens is 326 g/mol. The van der Waals surface area contributed by atoms with Crippen molar-refractivity contribution in [2.75, 3.05) is 11.4 Å². The highest BCUT2D eigenvalue weighted by Gasteiger charge is 2.29. The summed E-state index contributed by atoms with van der Waals surface area (Å²) < 4.78 is 0. The second-order valence-corrected chi connectivity index (χ2v) is 7.26. The summed E-state index contributed by atoms with van der Waals surface area (Å²) in [6.07, 6.45) is 5.86. The lowest BCUT2D eigenvalue weighted by Crippen LogP contribution is -2.33. The van der Waals surface area contributed by atoms with Crippen molar-refractivity contribution in [3.63, 3.8) is 0 Å². The molecule has 23 heavy (non-hydrogen) atoms. The van der Waals surface area contributed by atoms with Crippen LogP contribution in [0.5, 0.6) is 0 Å². The number of thiazole rings is 1. The van der Waals surface area contributed by atoms with Crippen LogP contribution >= 0.6 is 22.7 Å². The SMILES string of the molecule is O=C(c1csc(-c2ccsc2)n1)N(CC1CC1)c1cccnc1. The summed E-state index contributed by atoms with van der Waals surface area (Å²) in [6, 6.07) is 5.82. The summed E-state index contributed by atoms with van der Waals surface area (Å²) >= 11 is 3.15. The molecule has 0 aliphatic heterocycles. The summed E-state index contributed by atoms with van der Waals surface area (Å²) in [5.74, 6) is 0.566. The van der Waals surface area contributed by atoms with Crippen LogP contribution in [0.1, 0.15) is 23.3 Å². The van der Waals surface area contributed by atoms with Gasteiger partial charge in [0.2, 0.25) is 0 Å². The van der Waals surface area contributed by atoms with Gasteiger partial charge in [-0.2, -0.15) is 11.3 Å². The summed E-state index contributed by atoms with van der Waals surface area (Å²) in [7, 11) is 0. The van der Waals surface area contributed by atoms with Crippen molar-refractivity contribution in [1.29, 1.82) is 0 Å². The molecule has 3 heterocycles. The predicted molar refractivity (Wildman–Crippen MR) is 94.1 cm³/mol. The van der Waals surface area contributed by atoms with Crippen LogP contribution in [-0.4, -0.2) is 22.4 Å². The molecule has 6 heteroatoms. The molecule has 0 saturated heterocycles. The molecule has 0 bridgehead atoms. The monoisotopic (exact) mass is 341 g/mol. The molecular formula is C17H15N3OS2. The molecule has 0 unspecified atom stereocenters. The average molecular weight is 341 g/mol. The molecule has 4 rings (SSSR count). The number of carbonyl (C=O) groups excluding carboxylic acids is 1. The maximum absolute atomic E-state index is 12.9. The largest absolute Gasteiger partial charge is 0.305 e. The van der Waals surface area contributed by atoms with Crippen LogP contribution in [0.15, 0.2) is 46.7 Å². The number of hydrogen-bond acceptors (Lipinski definition) is 5. The van der Waals surface area contributed by atoms with E-state index in [1.807, 2.05) is 33.9 Å². The fourth-order valence-electron chi connectivity index (χ4n) is 2.41. The lowest BCUT2D eigenvalue weighted by atomic mass is 10.2. The number of nitrogens with zero attached hydrogens (tertiary/aromatic N) is 3. The normalized spacial score (nSPS) is 13.9. The molecule has 0 spiro atoms. The molecule has 4 nitrogen and oxygen atoms in total. The Labute approximate surface area is 142 Å². The number of aromatic nitrogens is 2. The predicted octanol–water partition coefficient (Wildman–Crippen LogP) is 4.32. The van der Waals surface area contributed by atoms with Gasteiger partial charge in [0.15, 0.2) is 0 Å². The van der Waals surface area contributed by atoms with E-state index in [0.29, 0.717) is 11.6 Å². The Kier molecular flexibility index (Phi) is 3.93. The van der Waals surface area contributed by atoms with E-state index < -0.39 is 0 Å². The van der Waals surface area contributed by atoms with Gasteiger partial charge in [-0.05, 0) is 42.3 Å². The number of thiophene rings is 1. The minimum Gasteiger partial charge on any atom is -0.305 e. The number of hydrogen-bond donors (Lipinski definition) is 0. The first-order valence-corrected chi connectivity index (χ1v) is 9.33. The zero-order valence-corrected chi connectivity index (χ0v) is 14.0. The van der Waals surface area contributed by atoms with Crippen LogP contribution in [0.2, 0.25) is 0 Å². The van der Waals surface area contributed by atoms with Gasteiger partial charge >= 0.3 is 0 Å². The second-order valence-electron chi connectivity index (χ2n) is 5.62. The summed E-state index contributed by atoms with van der Waals surface area (Å²) in [6.45, 7) is 0.746. The van der Waals surface area contributed by atoms with Gasteiger partial charge in [-0.15, -0.1) is 11.3 Å². The maximum atomic E-state index is 12.9. The topological polar surface area (TPSA) is 46.1 Å². The van der Waals surface area contributed by atoms with Gasteiger partial charge < -0.3 is 4.90 Å². The molecule has 1 saturated carbocycles. The maximum Gasteiger partial charge on any atom is 0.277 e. The Morgan fingerprint density at radius 1 is 1.30 bits per heavy atom. The first-order chi connectivity index (χ1) is 11.3. The van der Waals surface area contributed by atoms with E-state index in [1.165, 1.54) is 24.2 Å². The van der Waals surface area contributed by atoms with Crippen molar-refractivity contribution in [3.05, 3.63) is 52.4 Å². The Balaban J connectivity index is 1.62. The minimum absolute atomic E-state index is 0.0392. The van der Waals surface area contributed by atoms with Crippen molar-refractivity contribution >= 4 is 34.3 Å².